The van der Waals surface area contributed by atoms with Crippen LogP contribution in [0, 0.1) is 0 Å². The molecule has 2 aromatic rings. The maximum absolute atomic E-state index is 13.0. The summed E-state index contributed by atoms with van der Waals surface area (Å²) in [5, 5.41) is 11.7. The molecule has 0 saturated carbocycles. The van der Waals surface area contributed by atoms with Crippen LogP contribution in [0.3, 0.4) is 0 Å². The minimum absolute atomic E-state index is 0.0657. The highest BCUT2D eigenvalue weighted by atomic mass is 35.5. The van der Waals surface area contributed by atoms with E-state index in [0.29, 0.717) is 10.6 Å². The van der Waals surface area contributed by atoms with Crippen LogP contribution < -0.4 is 5.32 Å². The van der Waals surface area contributed by atoms with Crippen LogP contribution in [0.25, 0.3) is 0 Å². The predicted octanol–water partition coefficient (Wildman–Crippen LogP) is 2.90. The van der Waals surface area contributed by atoms with Crippen LogP contribution in [0.1, 0.15) is 23.1 Å². The number of nitrogens with zero attached hydrogens (tertiary/aromatic N) is 1. The second kappa shape index (κ2) is 10.9. The topological polar surface area (TPSA) is 113 Å². The molecule has 0 aliphatic carbocycles. The van der Waals surface area contributed by atoms with Gasteiger partial charge < -0.3 is 15.2 Å². The maximum atomic E-state index is 13.0. The molecule has 1 aliphatic heterocycles. The molecule has 8 nitrogen and oxygen atoms in total. The van der Waals surface area contributed by atoms with Crippen molar-refractivity contribution in [2.45, 2.75) is 38.1 Å². The maximum Gasteiger partial charge on any atom is 0.411 e. The minimum atomic E-state index is -1.54. The number of halogens is 2. The molecular formula is C23H22ClFN2O6. The molecule has 2 N–H and O–H groups in total. The van der Waals surface area contributed by atoms with Crippen molar-refractivity contribution in [3.63, 3.8) is 0 Å². The van der Waals surface area contributed by atoms with Crippen molar-refractivity contribution in [2.24, 2.45) is 0 Å². The highest BCUT2D eigenvalue weighted by molar-refractivity contribution is 6.31. The van der Waals surface area contributed by atoms with Crippen LogP contribution in [0.2, 0.25) is 5.02 Å². The first kappa shape index (κ1) is 24.2. The first-order valence-corrected chi connectivity index (χ1v) is 10.5. The lowest BCUT2D eigenvalue weighted by Gasteiger charge is -2.35. The number of carboxylic acid groups (broad SMARTS) is 1. The van der Waals surface area contributed by atoms with Gasteiger partial charge in [0, 0.05) is 17.0 Å². The summed E-state index contributed by atoms with van der Waals surface area (Å²) in [5.74, 6) is -3.20. The third-order valence-corrected chi connectivity index (χ3v) is 5.68. The zero-order valence-electron chi connectivity index (χ0n) is 17.5. The molecule has 2 amide bonds. The lowest BCUT2D eigenvalue weighted by Crippen LogP contribution is -2.56. The number of Topliss-reactive ketones (excluding diaryl/α,β-unsaturated/α-hetero) is 1. The van der Waals surface area contributed by atoms with E-state index in [1.165, 1.54) is 4.90 Å². The van der Waals surface area contributed by atoms with E-state index in [4.69, 9.17) is 21.4 Å². The van der Waals surface area contributed by atoms with Crippen molar-refractivity contribution in [3.8, 4) is 0 Å². The van der Waals surface area contributed by atoms with Crippen molar-refractivity contribution < 1.29 is 33.4 Å². The predicted molar refractivity (Wildman–Crippen MR) is 116 cm³/mol. The molecular weight excluding hydrogens is 455 g/mol. The molecule has 0 aromatic heterocycles. The van der Waals surface area contributed by atoms with Gasteiger partial charge in [-0.05, 0) is 17.2 Å². The SMILES string of the molecule is O=C(O)CC(NC(=O)[C@@H]1Cc2ccccc2CN1C(=O)OCc1ccccc1Cl)C(=O)CF. The average Bonchev–Trinajstić information content (AvgIpc) is 2.81. The van der Waals surface area contributed by atoms with E-state index in [2.05, 4.69) is 5.32 Å². The number of amides is 2. The van der Waals surface area contributed by atoms with E-state index in [9.17, 15) is 23.6 Å². The largest absolute Gasteiger partial charge is 0.481 e. The van der Waals surface area contributed by atoms with Crippen molar-refractivity contribution in [1.82, 2.24) is 10.2 Å². The zero-order chi connectivity index (χ0) is 24.0. The Morgan fingerprint density at radius 3 is 2.45 bits per heavy atom. The molecule has 0 saturated heterocycles. The van der Waals surface area contributed by atoms with Gasteiger partial charge in [0.2, 0.25) is 5.91 Å². The molecule has 1 heterocycles. The smallest absolute Gasteiger partial charge is 0.411 e. The summed E-state index contributed by atoms with van der Waals surface area (Å²) in [7, 11) is 0. The van der Waals surface area contributed by atoms with Gasteiger partial charge in [-0.3, -0.25) is 19.3 Å². The van der Waals surface area contributed by atoms with Gasteiger partial charge in [-0.1, -0.05) is 54.1 Å². The van der Waals surface area contributed by atoms with Gasteiger partial charge in [0.25, 0.3) is 0 Å². The van der Waals surface area contributed by atoms with Gasteiger partial charge in [-0.2, -0.15) is 0 Å². The van der Waals surface area contributed by atoms with Crippen molar-refractivity contribution in [1.29, 1.82) is 0 Å². The second-order valence-electron chi connectivity index (χ2n) is 7.52. The van der Waals surface area contributed by atoms with E-state index in [-0.39, 0.29) is 19.6 Å². The number of alkyl halides is 1. The third-order valence-electron chi connectivity index (χ3n) is 5.31. The summed E-state index contributed by atoms with van der Waals surface area (Å²) in [5.41, 5.74) is 2.22. The number of carboxylic acids is 1. The first-order chi connectivity index (χ1) is 15.8. The number of carbonyl (C=O) groups is 4. The number of hydrogen-bond acceptors (Lipinski definition) is 5. The normalized spacial score (nSPS) is 15.8. The minimum Gasteiger partial charge on any atom is -0.481 e. The molecule has 1 unspecified atom stereocenters. The summed E-state index contributed by atoms with van der Waals surface area (Å²) < 4.78 is 18.3. The monoisotopic (exact) mass is 476 g/mol. The Balaban J connectivity index is 1.80. The number of fused-ring (bicyclic) bond motifs is 1. The molecule has 0 spiro atoms. The molecule has 0 fully saturated rings. The molecule has 0 bridgehead atoms. The van der Waals surface area contributed by atoms with E-state index < -0.39 is 48.9 Å². The highest BCUT2D eigenvalue weighted by Gasteiger charge is 2.37. The molecule has 3 rings (SSSR count). The number of rotatable bonds is 8. The van der Waals surface area contributed by atoms with Gasteiger partial charge in [-0.15, -0.1) is 0 Å². The summed E-state index contributed by atoms with van der Waals surface area (Å²) in [6.45, 7) is -1.47. The zero-order valence-corrected chi connectivity index (χ0v) is 18.3. The Kier molecular flexibility index (Phi) is 8.00. The molecule has 0 radical (unpaired) electrons. The lowest BCUT2D eigenvalue weighted by molar-refractivity contribution is -0.140. The molecule has 1 aliphatic rings. The van der Waals surface area contributed by atoms with Gasteiger partial charge in [0.1, 0.15) is 25.4 Å². The van der Waals surface area contributed by atoms with E-state index >= 15 is 0 Å². The number of ketones is 1. The van der Waals surface area contributed by atoms with Crippen molar-refractivity contribution in [2.75, 3.05) is 6.67 Å². The Labute approximate surface area is 194 Å². The quantitative estimate of drug-likeness (QED) is 0.605. The summed E-state index contributed by atoms with van der Waals surface area (Å²) in [4.78, 5) is 50.0. The Morgan fingerprint density at radius 2 is 1.79 bits per heavy atom. The fourth-order valence-electron chi connectivity index (χ4n) is 3.57. The van der Waals surface area contributed by atoms with E-state index in [1.807, 2.05) is 12.1 Å². The van der Waals surface area contributed by atoms with Crippen LogP contribution in [-0.2, 0) is 38.7 Å². The average molecular weight is 477 g/mol. The number of ether oxygens (including phenoxy) is 1. The lowest BCUT2D eigenvalue weighted by atomic mass is 9.93. The standard InChI is InChI=1S/C23H22ClFN2O6/c24-17-8-4-3-7-16(17)13-33-23(32)27-12-15-6-2-1-5-14(15)9-19(27)22(31)26-18(10-21(29)30)20(28)11-25/h1-8,18-19H,9-13H2,(H,26,31)(H,29,30)/t18?,19-/m0/s1. The molecule has 2 aromatic carbocycles. The fourth-order valence-corrected chi connectivity index (χ4v) is 3.76. The van der Waals surface area contributed by atoms with Crippen LogP contribution >= 0.6 is 11.6 Å². The van der Waals surface area contributed by atoms with Crippen molar-refractivity contribution >= 4 is 35.4 Å². The number of carbonyl (C=O) groups excluding carboxylic acids is 3. The number of aliphatic carboxylic acids is 1. The Hall–Kier alpha value is -3.46. The first-order valence-electron chi connectivity index (χ1n) is 10.1. The summed E-state index contributed by atoms with van der Waals surface area (Å²) >= 11 is 6.10. The van der Waals surface area contributed by atoms with Crippen LogP contribution in [0.4, 0.5) is 9.18 Å². The number of hydrogen-bond donors (Lipinski definition) is 2. The second-order valence-corrected chi connectivity index (χ2v) is 7.93. The highest BCUT2D eigenvalue weighted by Crippen LogP contribution is 2.25. The van der Waals surface area contributed by atoms with Crippen LogP contribution in [0.15, 0.2) is 48.5 Å². The molecule has 174 valence electrons. The van der Waals surface area contributed by atoms with Gasteiger partial charge in [0.05, 0.1) is 13.0 Å². The molecule has 33 heavy (non-hydrogen) atoms. The Bertz CT molecular complexity index is 1060. The van der Waals surface area contributed by atoms with E-state index in [0.717, 1.165) is 11.1 Å². The molecule has 10 heteroatoms. The van der Waals surface area contributed by atoms with Gasteiger partial charge in [-0.25, -0.2) is 9.18 Å². The third kappa shape index (κ3) is 6.07. The van der Waals surface area contributed by atoms with Gasteiger partial charge >= 0.3 is 12.1 Å². The van der Waals surface area contributed by atoms with Crippen LogP contribution in [-0.4, -0.2) is 52.5 Å². The fraction of sp³-hybridized carbons (Fsp3) is 0.304. The van der Waals surface area contributed by atoms with Crippen LogP contribution in [0.5, 0.6) is 0 Å². The number of nitrogens with one attached hydrogen (secondary N) is 1. The molecule has 2 atom stereocenters. The summed E-state index contributed by atoms with van der Waals surface area (Å²) in [6, 6.07) is 11.4. The number of benzene rings is 2. The van der Waals surface area contributed by atoms with Crippen molar-refractivity contribution in [3.05, 3.63) is 70.2 Å². The van der Waals surface area contributed by atoms with E-state index in [1.54, 1.807) is 36.4 Å². The van der Waals surface area contributed by atoms with Gasteiger partial charge in [0.15, 0.2) is 5.78 Å². The Morgan fingerprint density at radius 1 is 1.12 bits per heavy atom. The summed E-state index contributed by atoms with van der Waals surface area (Å²) in [6.07, 6.45) is -1.43.